The van der Waals surface area contributed by atoms with E-state index in [0.29, 0.717) is 6.73 Å². The second-order valence-corrected chi connectivity index (χ2v) is 2.86. The van der Waals surface area contributed by atoms with E-state index in [0.717, 1.165) is 0 Å². The molecular weight excluding hydrogens is 118 g/mol. The van der Waals surface area contributed by atoms with Gasteiger partial charge in [0.05, 0.1) is 7.11 Å². The molecule has 0 atom stereocenters. The highest BCUT2D eigenvalue weighted by molar-refractivity contribution is 4.66. The fourth-order valence-corrected chi connectivity index (χ4v) is 0.305. The lowest BCUT2D eigenvalue weighted by Gasteiger charge is -2.19. The van der Waals surface area contributed by atoms with Crippen LogP contribution >= 0.6 is 0 Å². The van der Waals surface area contributed by atoms with Gasteiger partial charge in [-0.1, -0.05) is 0 Å². The quantitative estimate of drug-likeness (QED) is 0.269. The number of nitrogens with one attached hydrogen (secondary N) is 1. The van der Waals surface area contributed by atoms with Crippen molar-refractivity contribution in [1.82, 2.24) is 5.32 Å². The SMILES string of the molecule is COOCNC(C)(C)C. The molecule has 0 saturated heterocycles. The van der Waals surface area contributed by atoms with Crippen LogP contribution in [-0.4, -0.2) is 19.4 Å². The molecular formula is C6H15NO2. The molecule has 0 heterocycles. The second-order valence-electron chi connectivity index (χ2n) is 2.86. The van der Waals surface area contributed by atoms with E-state index >= 15 is 0 Å². The summed E-state index contributed by atoms with van der Waals surface area (Å²) in [6.07, 6.45) is 0. The average molecular weight is 133 g/mol. The van der Waals surface area contributed by atoms with Gasteiger partial charge in [0.15, 0.2) is 0 Å². The van der Waals surface area contributed by atoms with Gasteiger partial charge in [-0.25, -0.2) is 9.78 Å². The molecule has 0 rings (SSSR count). The van der Waals surface area contributed by atoms with E-state index in [1.54, 1.807) is 0 Å². The normalized spacial score (nSPS) is 12.0. The van der Waals surface area contributed by atoms with Crippen LogP contribution in [0.2, 0.25) is 0 Å². The van der Waals surface area contributed by atoms with Crippen LogP contribution in [0.4, 0.5) is 0 Å². The highest BCUT2D eigenvalue weighted by Gasteiger charge is 2.06. The van der Waals surface area contributed by atoms with Crippen LogP contribution in [0.1, 0.15) is 20.8 Å². The van der Waals surface area contributed by atoms with Crippen LogP contribution in [-0.2, 0) is 9.78 Å². The predicted molar refractivity (Wildman–Crippen MR) is 35.8 cm³/mol. The second kappa shape index (κ2) is 3.82. The van der Waals surface area contributed by atoms with E-state index in [1.165, 1.54) is 7.11 Å². The van der Waals surface area contributed by atoms with Gasteiger partial charge in [0.1, 0.15) is 6.73 Å². The van der Waals surface area contributed by atoms with Gasteiger partial charge >= 0.3 is 0 Å². The molecule has 0 aromatic rings. The summed E-state index contributed by atoms with van der Waals surface area (Å²) in [4.78, 5) is 8.97. The summed E-state index contributed by atoms with van der Waals surface area (Å²) in [6.45, 7) is 6.62. The van der Waals surface area contributed by atoms with Crippen molar-refractivity contribution in [3.05, 3.63) is 0 Å². The topological polar surface area (TPSA) is 30.5 Å². The third-order valence-corrected chi connectivity index (χ3v) is 0.779. The molecule has 0 spiro atoms. The van der Waals surface area contributed by atoms with Crippen molar-refractivity contribution >= 4 is 0 Å². The molecule has 0 amide bonds. The lowest BCUT2D eigenvalue weighted by atomic mass is 10.1. The van der Waals surface area contributed by atoms with Crippen LogP contribution in [0.5, 0.6) is 0 Å². The average Bonchev–Trinajstić information content (AvgIpc) is 1.63. The Morgan fingerprint density at radius 3 is 2.22 bits per heavy atom. The Kier molecular flexibility index (Phi) is 3.77. The minimum atomic E-state index is 0.0958. The fraction of sp³-hybridized carbons (Fsp3) is 1.00. The van der Waals surface area contributed by atoms with Crippen LogP contribution in [0.15, 0.2) is 0 Å². The molecule has 3 heteroatoms. The van der Waals surface area contributed by atoms with E-state index in [9.17, 15) is 0 Å². The molecule has 0 aliphatic rings. The van der Waals surface area contributed by atoms with Crippen LogP contribution in [0.3, 0.4) is 0 Å². The summed E-state index contributed by atoms with van der Waals surface area (Å²) in [7, 11) is 1.49. The zero-order chi connectivity index (χ0) is 7.33. The van der Waals surface area contributed by atoms with Crippen LogP contribution in [0.25, 0.3) is 0 Å². The Bertz CT molecular complexity index is 67.9. The van der Waals surface area contributed by atoms with Gasteiger partial charge in [-0.2, -0.15) is 0 Å². The first-order chi connectivity index (χ1) is 4.06. The Labute approximate surface area is 56.3 Å². The number of rotatable bonds is 3. The highest BCUT2D eigenvalue weighted by Crippen LogP contribution is 1.96. The molecule has 9 heavy (non-hydrogen) atoms. The van der Waals surface area contributed by atoms with E-state index in [4.69, 9.17) is 0 Å². The Morgan fingerprint density at radius 2 is 1.89 bits per heavy atom. The van der Waals surface area contributed by atoms with Crippen molar-refractivity contribution in [3.8, 4) is 0 Å². The maximum Gasteiger partial charge on any atom is 0.133 e. The third-order valence-electron chi connectivity index (χ3n) is 0.779. The van der Waals surface area contributed by atoms with Crippen molar-refractivity contribution in [2.45, 2.75) is 26.3 Å². The largest absolute Gasteiger partial charge is 0.287 e. The monoisotopic (exact) mass is 133 g/mol. The maximum absolute atomic E-state index is 4.60. The first-order valence-corrected chi connectivity index (χ1v) is 2.97. The van der Waals surface area contributed by atoms with Crippen molar-refractivity contribution in [2.75, 3.05) is 13.8 Å². The van der Waals surface area contributed by atoms with Crippen molar-refractivity contribution in [1.29, 1.82) is 0 Å². The van der Waals surface area contributed by atoms with Gasteiger partial charge < -0.3 is 0 Å². The van der Waals surface area contributed by atoms with E-state index < -0.39 is 0 Å². The highest BCUT2D eigenvalue weighted by atomic mass is 17.2. The molecule has 0 unspecified atom stereocenters. The zero-order valence-electron chi connectivity index (χ0n) is 6.52. The smallest absolute Gasteiger partial charge is 0.133 e. The molecule has 0 aliphatic carbocycles. The standard InChI is InChI=1S/C6H15NO2/c1-6(2,3)7-5-9-8-4/h7H,5H2,1-4H3. The molecule has 56 valence electrons. The van der Waals surface area contributed by atoms with Crippen molar-refractivity contribution < 1.29 is 9.78 Å². The number of hydrogen-bond acceptors (Lipinski definition) is 3. The molecule has 0 aliphatic heterocycles. The van der Waals surface area contributed by atoms with Crippen LogP contribution in [0, 0.1) is 0 Å². The van der Waals surface area contributed by atoms with Crippen molar-refractivity contribution in [3.63, 3.8) is 0 Å². The zero-order valence-corrected chi connectivity index (χ0v) is 6.52. The van der Waals surface area contributed by atoms with Crippen molar-refractivity contribution in [2.24, 2.45) is 0 Å². The third kappa shape index (κ3) is 7.88. The molecule has 3 nitrogen and oxygen atoms in total. The molecule has 1 N–H and O–H groups in total. The van der Waals surface area contributed by atoms with Gasteiger partial charge in [0.2, 0.25) is 0 Å². The molecule has 0 aromatic carbocycles. The summed E-state index contributed by atoms with van der Waals surface area (Å²) >= 11 is 0. The lowest BCUT2D eigenvalue weighted by molar-refractivity contribution is -0.279. The summed E-state index contributed by atoms with van der Waals surface area (Å²) in [5, 5.41) is 3.08. The first-order valence-electron chi connectivity index (χ1n) is 2.97. The van der Waals surface area contributed by atoms with Gasteiger partial charge in [0.25, 0.3) is 0 Å². The summed E-state index contributed by atoms with van der Waals surface area (Å²) in [6, 6.07) is 0. The minimum Gasteiger partial charge on any atom is -0.287 e. The van der Waals surface area contributed by atoms with Gasteiger partial charge in [-0.3, -0.25) is 5.32 Å². The molecule has 0 radical (unpaired) electrons. The van der Waals surface area contributed by atoms with E-state index in [1.807, 2.05) is 0 Å². The first kappa shape index (κ1) is 8.88. The Balaban J connectivity index is 3.07. The minimum absolute atomic E-state index is 0.0958. The van der Waals surface area contributed by atoms with Gasteiger partial charge in [-0.15, -0.1) is 0 Å². The van der Waals surface area contributed by atoms with E-state index in [-0.39, 0.29) is 5.54 Å². The fourth-order valence-electron chi connectivity index (χ4n) is 0.305. The van der Waals surface area contributed by atoms with Crippen LogP contribution < -0.4 is 5.32 Å². The van der Waals surface area contributed by atoms with Gasteiger partial charge in [-0.05, 0) is 20.8 Å². The Morgan fingerprint density at radius 1 is 1.33 bits per heavy atom. The molecule has 0 fully saturated rings. The van der Waals surface area contributed by atoms with Gasteiger partial charge in [0, 0.05) is 5.54 Å². The summed E-state index contributed by atoms with van der Waals surface area (Å²) < 4.78 is 0. The molecule has 0 aromatic heterocycles. The predicted octanol–water partition coefficient (Wildman–Crippen LogP) is 0.910. The van der Waals surface area contributed by atoms with E-state index in [2.05, 4.69) is 35.9 Å². The summed E-state index contributed by atoms with van der Waals surface area (Å²) in [5.41, 5.74) is 0.0958. The lowest BCUT2D eigenvalue weighted by Crippen LogP contribution is -2.37. The number of hydrogen-bond donors (Lipinski definition) is 1. The molecule has 0 bridgehead atoms. The maximum atomic E-state index is 4.60. The Hall–Kier alpha value is -0.120. The summed E-state index contributed by atoms with van der Waals surface area (Å²) in [5.74, 6) is 0. The molecule has 0 saturated carbocycles.